The summed E-state index contributed by atoms with van der Waals surface area (Å²) in [6.45, 7) is -0.0786. The number of aliphatic carboxylic acids is 1. The lowest BCUT2D eigenvalue weighted by Crippen LogP contribution is -2.26. The van der Waals surface area contributed by atoms with Crippen LogP contribution in [-0.2, 0) is 9.59 Å². The minimum Gasteiger partial charge on any atom is -0.505 e. The zero-order valence-electron chi connectivity index (χ0n) is 9.74. The molecule has 0 aromatic heterocycles. The van der Waals surface area contributed by atoms with Crippen LogP contribution < -0.4 is 4.90 Å². The number of benzene rings is 1. The van der Waals surface area contributed by atoms with Crippen LogP contribution in [0.2, 0.25) is 0 Å². The van der Waals surface area contributed by atoms with Crippen molar-refractivity contribution in [2.24, 2.45) is 5.92 Å². The summed E-state index contributed by atoms with van der Waals surface area (Å²) in [5, 5.41) is 27.6. The van der Waals surface area contributed by atoms with Gasteiger partial charge in [-0.15, -0.1) is 0 Å². The molecule has 100 valence electrons. The predicted molar refractivity (Wildman–Crippen MR) is 63.2 cm³/mol. The molecule has 7 nitrogen and oxygen atoms in total. The minimum absolute atomic E-state index is 0.0219. The van der Waals surface area contributed by atoms with E-state index in [2.05, 4.69) is 0 Å². The molecule has 1 aromatic rings. The van der Waals surface area contributed by atoms with Crippen molar-refractivity contribution in [1.29, 1.82) is 0 Å². The normalized spacial score (nSPS) is 18.6. The highest BCUT2D eigenvalue weighted by Gasteiger charge is 2.36. The van der Waals surface area contributed by atoms with Gasteiger partial charge in [0.05, 0.1) is 11.6 Å². The Morgan fingerprint density at radius 2 is 1.95 bits per heavy atom. The summed E-state index contributed by atoms with van der Waals surface area (Å²) in [5.41, 5.74) is -0.308. The monoisotopic (exact) mass is 265 g/mol. The van der Waals surface area contributed by atoms with Crippen LogP contribution in [0, 0.1) is 5.92 Å². The third-order valence-corrected chi connectivity index (χ3v) is 3.01. The Bertz CT molecular complexity index is 567. The lowest BCUT2D eigenvalue weighted by molar-refractivity contribution is -0.141. The Morgan fingerprint density at radius 1 is 1.26 bits per heavy atom. The average Bonchev–Trinajstić information content (AvgIpc) is 2.71. The van der Waals surface area contributed by atoms with Crippen LogP contribution in [-0.4, -0.2) is 39.7 Å². The summed E-state index contributed by atoms with van der Waals surface area (Å²) in [7, 11) is 0. The lowest BCUT2D eigenvalue weighted by atomic mass is 10.1. The SMILES string of the molecule is O=C(O)c1cccc(N2CC(C(=O)O)CC2=O)c1O. The Labute approximate surface area is 107 Å². The largest absolute Gasteiger partial charge is 0.505 e. The molecule has 1 atom stereocenters. The number of carboxylic acids is 2. The van der Waals surface area contributed by atoms with Crippen molar-refractivity contribution in [2.45, 2.75) is 6.42 Å². The number of hydrogen-bond acceptors (Lipinski definition) is 4. The number of anilines is 1. The van der Waals surface area contributed by atoms with E-state index >= 15 is 0 Å². The molecule has 1 saturated heterocycles. The van der Waals surface area contributed by atoms with Gasteiger partial charge in [-0.3, -0.25) is 9.59 Å². The summed E-state index contributed by atoms with van der Waals surface area (Å²) in [6.07, 6.45) is -0.161. The third-order valence-electron chi connectivity index (χ3n) is 3.01. The molecule has 1 aliphatic rings. The maximum atomic E-state index is 11.7. The topological polar surface area (TPSA) is 115 Å². The molecule has 0 aliphatic carbocycles. The lowest BCUT2D eigenvalue weighted by Gasteiger charge is -2.18. The standard InChI is InChI=1S/C12H11NO6/c14-9-4-6(11(16)17)5-13(9)8-3-1-2-7(10(8)15)12(18)19/h1-3,6,15H,4-5H2,(H,16,17)(H,18,19). The Hall–Kier alpha value is -2.57. The van der Waals surface area contributed by atoms with Crippen molar-refractivity contribution in [3.05, 3.63) is 23.8 Å². The van der Waals surface area contributed by atoms with Gasteiger partial charge in [0.2, 0.25) is 5.91 Å². The van der Waals surface area contributed by atoms with Gasteiger partial charge < -0.3 is 20.2 Å². The zero-order valence-corrected chi connectivity index (χ0v) is 9.74. The van der Waals surface area contributed by atoms with E-state index < -0.39 is 29.5 Å². The first-order valence-corrected chi connectivity index (χ1v) is 5.50. The van der Waals surface area contributed by atoms with Crippen molar-refractivity contribution < 1.29 is 29.7 Å². The molecule has 0 bridgehead atoms. The van der Waals surface area contributed by atoms with E-state index in [0.717, 1.165) is 4.90 Å². The minimum atomic E-state index is -1.32. The number of carboxylic acid groups (broad SMARTS) is 2. The van der Waals surface area contributed by atoms with Gasteiger partial charge >= 0.3 is 11.9 Å². The first-order chi connectivity index (χ1) is 8.91. The van der Waals surface area contributed by atoms with E-state index in [4.69, 9.17) is 10.2 Å². The molecule has 1 aromatic carbocycles. The fourth-order valence-corrected chi connectivity index (χ4v) is 2.03. The molecular formula is C12H11NO6. The van der Waals surface area contributed by atoms with Crippen LogP contribution in [0.4, 0.5) is 5.69 Å². The van der Waals surface area contributed by atoms with Crippen molar-refractivity contribution >= 4 is 23.5 Å². The molecule has 0 spiro atoms. The quantitative estimate of drug-likeness (QED) is 0.734. The van der Waals surface area contributed by atoms with Gasteiger partial charge in [0, 0.05) is 13.0 Å². The molecule has 1 unspecified atom stereocenters. The second-order valence-corrected chi connectivity index (χ2v) is 4.22. The molecule has 0 saturated carbocycles. The van der Waals surface area contributed by atoms with Crippen LogP contribution in [0.1, 0.15) is 16.8 Å². The highest BCUT2D eigenvalue weighted by molar-refractivity contribution is 6.02. The van der Waals surface area contributed by atoms with Crippen LogP contribution >= 0.6 is 0 Å². The number of amides is 1. The van der Waals surface area contributed by atoms with Gasteiger partial charge in [-0.25, -0.2) is 4.79 Å². The number of para-hydroxylation sites is 1. The Kier molecular flexibility index (Phi) is 3.12. The van der Waals surface area contributed by atoms with Gasteiger partial charge in [0.1, 0.15) is 5.56 Å². The second kappa shape index (κ2) is 4.60. The van der Waals surface area contributed by atoms with E-state index in [9.17, 15) is 19.5 Å². The third kappa shape index (κ3) is 2.22. The molecule has 0 radical (unpaired) electrons. The summed E-state index contributed by atoms with van der Waals surface area (Å²) in [4.78, 5) is 34.6. The van der Waals surface area contributed by atoms with Crippen LogP contribution in [0.5, 0.6) is 5.75 Å². The summed E-state index contributed by atoms with van der Waals surface area (Å²) in [5.74, 6) is -4.24. The summed E-state index contributed by atoms with van der Waals surface area (Å²) in [6, 6.07) is 3.97. The van der Waals surface area contributed by atoms with Gasteiger partial charge in [-0.2, -0.15) is 0 Å². The maximum Gasteiger partial charge on any atom is 0.339 e. The summed E-state index contributed by atoms with van der Waals surface area (Å²) >= 11 is 0. The fourth-order valence-electron chi connectivity index (χ4n) is 2.03. The van der Waals surface area contributed by atoms with E-state index in [1.54, 1.807) is 0 Å². The number of rotatable bonds is 3. The number of phenols is 1. The fraction of sp³-hybridized carbons (Fsp3) is 0.250. The first kappa shape index (κ1) is 12.9. The van der Waals surface area contributed by atoms with Gasteiger partial charge in [-0.1, -0.05) is 6.07 Å². The molecule has 7 heteroatoms. The molecule has 2 rings (SSSR count). The molecule has 1 heterocycles. The smallest absolute Gasteiger partial charge is 0.339 e. The molecular weight excluding hydrogens is 254 g/mol. The highest BCUT2D eigenvalue weighted by atomic mass is 16.4. The number of carbonyl (C=O) groups excluding carboxylic acids is 1. The average molecular weight is 265 g/mol. The number of carbonyl (C=O) groups is 3. The number of aromatic hydroxyl groups is 1. The van der Waals surface area contributed by atoms with E-state index in [1.807, 2.05) is 0 Å². The van der Waals surface area contributed by atoms with Crippen LogP contribution in [0.15, 0.2) is 18.2 Å². The van der Waals surface area contributed by atoms with Crippen molar-refractivity contribution in [2.75, 3.05) is 11.4 Å². The Morgan fingerprint density at radius 3 is 2.47 bits per heavy atom. The molecule has 1 amide bonds. The van der Waals surface area contributed by atoms with Crippen LogP contribution in [0.25, 0.3) is 0 Å². The van der Waals surface area contributed by atoms with E-state index in [0.29, 0.717) is 0 Å². The summed E-state index contributed by atoms with van der Waals surface area (Å²) < 4.78 is 0. The van der Waals surface area contributed by atoms with E-state index in [1.165, 1.54) is 18.2 Å². The molecule has 3 N–H and O–H groups in total. The first-order valence-electron chi connectivity index (χ1n) is 5.50. The molecule has 1 aliphatic heterocycles. The van der Waals surface area contributed by atoms with Gasteiger partial charge in [0.15, 0.2) is 5.75 Å². The highest BCUT2D eigenvalue weighted by Crippen LogP contribution is 2.34. The van der Waals surface area contributed by atoms with Gasteiger partial charge in [-0.05, 0) is 12.1 Å². The van der Waals surface area contributed by atoms with Crippen molar-refractivity contribution in [3.8, 4) is 5.75 Å². The number of aromatic carboxylic acids is 1. The van der Waals surface area contributed by atoms with Crippen LogP contribution in [0.3, 0.4) is 0 Å². The maximum absolute atomic E-state index is 11.7. The second-order valence-electron chi connectivity index (χ2n) is 4.22. The zero-order chi connectivity index (χ0) is 14.2. The Balaban J connectivity index is 2.38. The number of hydrogen-bond donors (Lipinski definition) is 3. The van der Waals surface area contributed by atoms with E-state index in [-0.39, 0.29) is 24.2 Å². The molecule has 19 heavy (non-hydrogen) atoms. The predicted octanol–water partition coefficient (Wildman–Crippen LogP) is 0.528. The molecule has 1 fully saturated rings. The van der Waals surface area contributed by atoms with Gasteiger partial charge in [0.25, 0.3) is 0 Å². The van der Waals surface area contributed by atoms with Crippen molar-refractivity contribution in [1.82, 2.24) is 0 Å². The number of nitrogens with zero attached hydrogens (tertiary/aromatic N) is 1. The van der Waals surface area contributed by atoms with Crippen molar-refractivity contribution in [3.63, 3.8) is 0 Å².